The van der Waals surface area contributed by atoms with Gasteiger partial charge < -0.3 is 24.0 Å². The van der Waals surface area contributed by atoms with Crippen molar-refractivity contribution in [2.45, 2.75) is 0 Å². The van der Waals surface area contributed by atoms with Gasteiger partial charge in [0.1, 0.15) is 0 Å². The minimum Gasteiger partial charge on any atom is -1.00 e. The Morgan fingerprint density at radius 3 is 1.43 bits per heavy atom. The van der Waals surface area contributed by atoms with Crippen LogP contribution in [0.15, 0.2) is 6.08 Å². The summed E-state index contributed by atoms with van der Waals surface area (Å²) in [6, 6.07) is 0. The second-order valence-corrected chi connectivity index (χ2v) is 0.355. The van der Waals surface area contributed by atoms with Crippen molar-refractivity contribution in [3.8, 4) is 0 Å². The molecular weight excluding hydrogens is 403 g/mol. The Labute approximate surface area is 70.4 Å². The third kappa shape index (κ3) is 19.6. The predicted molar refractivity (Wildman–Crippen MR) is 10.1 cm³/mol. The third-order valence-electron chi connectivity index (χ3n) is 0.0714. The average Bonchev–Trinajstić information content (AvgIpc) is 1.38. The summed E-state index contributed by atoms with van der Waals surface area (Å²) in [6.07, 6.45) is -2.30. The van der Waals surface area contributed by atoms with E-state index in [-0.39, 0.29) is 51.4 Å². The molecule has 0 rings (SSSR count). The fourth-order valence-electron chi connectivity index (χ4n) is 0. The van der Waals surface area contributed by atoms with Gasteiger partial charge in [-0.2, -0.15) is 13.2 Å². The largest absolute Gasteiger partial charge is 1.00 e. The van der Waals surface area contributed by atoms with Crippen molar-refractivity contribution in [2.75, 3.05) is 0 Å². The molecule has 0 atom stereocenters. The van der Waals surface area contributed by atoms with Crippen molar-refractivity contribution in [3.63, 3.8) is 0 Å². The molecule has 1 radical (unpaired) electrons. The molecule has 0 aromatic rings. The van der Waals surface area contributed by atoms with Crippen LogP contribution >= 0.6 is 0 Å². The van der Waals surface area contributed by atoms with Crippen LogP contribution in [0, 0.1) is 6.33 Å². The molecular formula is C2F3IPt-. The zero-order chi connectivity index (χ0) is 4.28. The van der Waals surface area contributed by atoms with Gasteiger partial charge in [0, 0.05) is 21.1 Å². The maximum atomic E-state index is 10.2. The molecule has 0 aliphatic rings. The average molecular weight is 403 g/mol. The Kier molecular flexibility index (Phi) is 22.5. The summed E-state index contributed by atoms with van der Waals surface area (Å²) in [6.45, 7) is 0. The minimum atomic E-state index is -2.41. The maximum Gasteiger partial charge on any atom is 0.308 e. The molecule has 0 nitrogen and oxygen atoms in total. The van der Waals surface area contributed by atoms with Crippen molar-refractivity contribution >= 4 is 0 Å². The molecule has 0 aliphatic carbocycles. The van der Waals surface area contributed by atoms with Crippen LogP contribution in [-0.4, -0.2) is 0 Å². The minimum absolute atomic E-state index is 0. The number of rotatable bonds is 0. The van der Waals surface area contributed by atoms with Gasteiger partial charge in [-0.3, -0.25) is 0 Å². The van der Waals surface area contributed by atoms with Crippen molar-refractivity contribution in [1.29, 1.82) is 0 Å². The zero-order valence-electron chi connectivity index (χ0n) is 2.83. The van der Waals surface area contributed by atoms with Gasteiger partial charge in [0.25, 0.3) is 0 Å². The maximum absolute atomic E-state index is 10.2. The van der Waals surface area contributed by atoms with E-state index < -0.39 is 6.08 Å². The second-order valence-electron chi connectivity index (χ2n) is 0.355. The quantitative estimate of drug-likeness (QED) is 0.433. The van der Waals surface area contributed by atoms with E-state index in [0.717, 1.165) is 0 Å². The normalized spacial score (nSPS) is 5.00. The molecule has 0 saturated heterocycles. The molecule has 0 saturated carbocycles. The Morgan fingerprint density at radius 1 is 1.29 bits per heavy atom. The first-order valence-electron chi connectivity index (χ1n) is 0.817. The van der Waals surface area contributed by atoms with Crippen molar-refractivity contribution in [2.24, 2.45) is 0 Å². The topological polar surface area (TPSA) is 0 Å². The van der Waals surface area contributed by atoms with E-state index in [9.17, 15) is 13.2 Å². The van der Waals surface area contributed by atoms with Gasteiger partial charge in [-0.25, -0.2) is 0 Å². The molecule has 0 N–H and O–H groups in total. The zero-order valence-corrected chi connectivity index (χ0v) is 7.26. The van der Waals surface area contributed by atoms with E-state index in [4.69, 9.17) is 0 Å². The molecule has 0 heterocycles. The summed E-state index contributed by atoms with van der Waals surface area (Å²) in [5.41, 5.74) is 0. The van der Waals surface area contributed by atoms with E-state index >= 15 is 0 Å². The molecule has 7 heavy (non-hydrogen) atoms. The molecule has 0 amide bonds. The van der Waals surface area contributed by atoms with Crippen LogP contribution in [0.25, 0.3) is 0 Å². The van der Waals surface area contributed by atoms with Crippen molar-refractivity contribution in [3.05, 3.63) is 12.4 Å². The Hall–Kier alpha value is 0.948. The van der Waals surface area contributed by atoms with Crippen LogP contribution in [0.1, 0.15) is 0 Å². The van der Waals surface area contributed by atoms with Crippen LogP contribution < -0.4 is 24.0 Å². The fraction of sp³-hybridized carbons (Fsp3) is 0. The number of hydrogen-bond donors (Lipinski definition) is 0. The first kappa shape index (κ1) is 15.7. The molecule has 0 aliphatic heterocycles. The van der Waals surface area contributed by atoms with Crippen molar-refractivity contribution in [1.82, 2.24) is 0 Å². The van der Waals surface area contributed by atoms with Crippen LogP contribution in [0.4, 0.5) is 13.2 Å². The molecule has 0 aromatic carbocycles. The van der Waals surface area contributed by atoms with Crippen molar-refractivity contribution < 1.29 is 58.2 Å². The first-order valence-corrected chi connectivity index (χ1v) is 0.817. The van der Waals surface area contributed by atoms with Gasteiger partial charge in [-0.1, -0.05) is 0 Å². The first-order chi connectivity index (χ1) is 2.27. The van der Waals surface area contributed by atoms with Gasteiger partial charge >= 0.3 is 6.08 Å². The summed E-state index contributed by atoms with van der Waals surface area (Å²) < 4.78 is 30.5. The fourth-order valence-corrected chi connectivity index (χ4v) is 0. The smallest absolute Gasteiger partial charge is 0.308 e. The summed E-state index contributed by atoms with van der Waals surface area (Å²) in [4.78, 5) is 0. The third-order valence-corrected chi connectivity index (χ3v) is 0.0714. The van der Waals surface area contributed by atoms with Gasteiger partial charge in [0.15, 0.2) is 0 Å². The van der Waals surface area contributed by atoms with Gasteiger partial charge in [0.05, 0.1) is 0 Å². The summed E-state index contributed by atoms with van der Waals surface area (Å²) in [7, 11) is 0. The molecule has 47 valence electrons. The Bertz CT molecular complexity index is 50.9. The molecule has 0 unspecified atom stereocenters. The molecule has 0 spiro atoms. The summed E-state index contributed by atoms with van der Waals surface area (Å²) in [5, 5.41) is 0. The van der Waals surface area contributed by atoms with E-state index in [1.807, 2.05) is 0 Å². The number of halogens is 4. The SMILES string of the molecule is F[C]=C(F)F.[I-].[Pt]. The van der Waals surface area contributed by atoms with E-state index in [1.54, 1.807) is 0 Å². The van der Waals surface area contributed by atoms with Crippen LogP contribution in [0.5, 0.6) is 0 Å². The predicted octanol–water partition coefficient (Wildman–Crippen LogP) is -1.50. The molecule has 0 aromatic heterocycles. The monoisotopic (exact) mass is 403 g/mol. The molecule has 5 heteroatoms. The van der Waals surface area contributed by atoms with Crippen LogP contribution in [0.3, 0.4) is 0 Å². The molecule has 0 fully saturated rings. The number of hydrogen-bond acceptors (Lipinski definition) is 0. The molecule has 0 bridgehead atoms. The van der Waals surface area contributed by atoms with E-state index in [2.05, 4.69) is 0 Å². The van der Waals surface area contributed by atoms with Gasteiger partial charge in [-0.05, 0) is 0 Å². The van der Waals surface area contributed by atoms with Gasteiger partial charge in [-0.15, -0.1) is 0 Å². The second kappa shape index (κ2) is 10.0. The Balaban J connectivity index is -0.0000000800. The van der Waals surface area contributed by atoms with Crippen LogP contribution in [0.2, 0.25) is 0 Å². The van der Waals surface area contributed by atoms with E-state index in [1.165, 1.54) is 0 Å². The summed E-state index contributed by atoms with van der Waals surface area (Å²) >= 11 is 0. The summed E-state index contributed by atoms with van der Waals surface area (Å²) in [5.74, 6) is 0. The van der Waals surface area contributed by atoms with Gasteiger partial charge in [0.2, 0.25) is 6.33 Å². The Morgan fingerprint density at radius 2 is 1.43 bits per heavy atom. The van der Waals surface area contributed by atoms with E-state index in [0.29, 0.717) is 0 Å². The van der Waals surface area contributed by atoms with Crippen LogP contribution in [-0.2, 0) is 21.1 Å². The standard InChI is InChI=1S/C2F3.HI.Pt/c3-1-2(4)5;;/h;1H;/p-1.